The number of hydrogen-bond donors (Lipinski definition) is 3. The Morgan fingerprint density at radius 3 is 2.35 bits per heavy atom. The summed E-state index contributed by atoms with van der Waals surface area (Å²) in [5.74, 6) is -0.375. The number of rotatable bonds is 8. The summed E-state index contributed by atoms with van der Waals surface area (Å²) in [5.41, 5.74) is 1.48. The molecule has 0 radical (unpaired) electrons. The Hall–Kier alpha value is -2.37. The average molecular weight is 375 g/mol. The van der Waals surface area contributed by atoms with Crippen molar-refractivity contribution in [1.29, 1.82) is 0 Å². The van der Waals surface area contributed by atoms with Crippen LogP contribution < -0.4 is 15.5 Å². The molecular weight excluding hydrogens is 350 g/mol. The Balaban J connectivity index is 1.86. The summed E-state index contributed by atoms with van der Waals surface area (Å²) >= 11 is 6.00. The zero-order valence-corrected chi connectivity index (χ0v) is 15.8. The zero-order chi connectivity index (χ0) is 18.9. The number of likely N-dealkylation sites (N-methyl/N-ethyl adjacent to an activating group) is 1. The highest BCUT2D eigenvalue weighted by molar-refractivity contribution is 6.33. The predicted octanol–water partition coefficient (Wildman–Crippen LogP) is 1.46. The van der Waals surface area contributed by atoms with E-state index >= 15 is 0 Å². The molecule has 3 N–H and O–H groups in total. The Morgan fingerprint density at radius 2 is 1.69 bits per heavy atom. The second-order valence-electron chi connectivity index (χ2n) is 6.43. The van der Waals surface area contributed by atoms with E-state index in [1.54, 1.807) is 24.3 Å². The second kappa shape index (κ2) is 9.94. The van der Waals surface area contributed by atoms with E-state index in [1.807, 2.05) is 44.4 Å². The van der Waals surface area contributed by atoms with Gasteiger partial charge in [-0.3, -0.25) is 9.59 Å². The Kier molecular flexibility index (Phi) is 7.63. The van der Waals surface area contributed by atoms with Crippen molar-refractivity contribution in [2.75, 3.05) is 27.2 Å². The van der Waals surface area contributed by atoms with Crippen molar-refractivity contribution < 1.29 is 14.5 Å². The summed E-state index contributed by atoms with van der Waals surface area (Å²) in [5, 5.41) is 6.18. The number of hydrogen-bond acceptors (Lipinski definition) is 2. The van der Waals surface area contributed by atoms with Gasteiger partial charge in [-0.1, -0.05) is 54.1 Å². The van der Waals surface area contributed by atoms with Gasteiger partial charge in [-0.05, 0) is 17.7 Å². The second-order valence-corrected chi connectivity index (χ2v) is 6.83. The first-order valence-corrected chi connectivity index (χ1v) is 9.01. The molecule has 0 aliphatic rings. The summed E-state index contributed by atoms with van der Waals surface area (Å²) in [6.45, 7) is 1.04. The highest BCUT2D eigenvalue weighted by atomic mass is 35.5. The fourth-order valence-corrected chi connectivity index (χ4v) is 2.86. The third kappa shape index (κ3) is 6.17. The molecule has 2 amide bonds. The molecule has 2 aromatic rings. The quantitative estimate of drug-likeness (QED) is 0.655. The average Bonchev–Trinajstić information content (AvgIpc) is 2.62. The van der Waals surface area contributed by atoms with Crippen molar-refractivity contribution in [1.82, 2.24) is 10.6 Å². The van der Waals surface area contributed by atoms with E-state index in [0.29, 0.717) is 10.6 Å². The molecule has 1 atom stereocenters. The van der Waals surface area contributed by atoms with E-state index in [2.05, 4.69) is 10.6 Å². The van der Waals surface area contributed by atoms with E-state index in [4.69, 9.17) is 11.6 Å². The Morgan fingerprint density at radius 1 is 1.04 bits per heavy atom. The third-order valence-corrected chi connectivity index (χ3v) is 4.24. The minimum atomic E-state index is -0.277. The highest BCUT2D eigenvalue weighted by Gasteiger charge is 2.17. The van der Waals surface area contributed by atoms with E-state index < -0.39 is 0 Å². The van der Waals surface area contributed by atoms with Crippen molar-refractivity contribution in [2.24, 2.45) is 0 Å². The van der Waals surface area contributed by atoms with Crippen molar-refractivity contribution >= 4 is 23.4 Å². The molecule has 0 unspecified atom stereocenters. The van der Waals surface area contributed by atoms with Gasteiger partial charge in [-0.15, -0.1) is 0 Å². The molecular formula is C20H25ClN3O2+. The van der Waals surface area contributed by atoms with Crippen LogP contribution in [-0.4, -0.2) is 39.0 Å². The van der Waals surface area contributed by atoms with Crippen LogP contribution in [0, 0.1) is 0 Å². The molecule has 0 aliphatic carbocycles. The molecule has 0 aliphatic heterocycles. The maximum absolute atomic E-state index is 12.3. The lowest BCUT2D eigenvalue weighted by molar-refractivity contribution is -0.860. The first-order chi connectivity index (χ1) is 12.5. The Bertz CT molecular complexity index is 735. The summed E-state index contributed by atoms with van der Waals surface area (Å²) in [6.07, 6.45) is 0.211. The van der Waals surface area contributed by atoms with Crippen molar-refractivity contribution in [3.63, 3.8) is 0 Å². The van der Waals surface area contributed by atoms with Gasteiger partial charge in [0.2, 0.25) is 5.91 Å². The monoisotopic (exact) mass is 374 g/mol. The molecule has 138 valence electrons. The van der Waals surface area contributed by atoms with Crippen LogP contribution >= 0.6 is 11.6 Å². The lowest BCUT2D eigenvalue weighted by Crippen LogP contribution is -3.06. The molecule has 0 fully saturated rings. The lowest BCUT2D eigenvalue weighted by atomic mass is 10.1. The minimum absolute atomic E-state index is 0.0621. The maximum Gasteiger partial charge on any atom is 0.252 e. The number of carbonyl (C=O) groups excluding carboxylic acids is 2. The molecule has 0 spiro atoms. The van der Waals surface area contributed by atoms with Crippen LogP contribution in [0.5, 0.6) is 0 Å². The molecule has 2 aromatic carbocycles. The van der Waals surface area contributed by atoms with Gasteiger partial charge >= 0.3 is 0 Å². The van der Waals surface area contributed by atoms with Gasteiger partial charge in [0, 0.05) is 13.0 Å². The Labute approximate surface area is 159 Å². The topological polar surface area (TPSA) is 62.6 Å². The molecule has 0 saturated carbocycles. The minimum Gasteiger partial charge on any atom is -0.351 e. The first kappa shape index (κ1) is 19.9. The van der Waals surface area contributed by atoms with E-state index in [0.717, 1.165) is 12.1 Å². The van der Waals surface area contributed by atoms with E-state index in [1.165, 1.54) is 4.90 Å². The van der Waals surface area contributed by atoms with Gasteiger partial charge in [-0.2, -0.15) is 0 Å². The molecule has 26 heavy (non-hydrogen) atoms. The summed E-state index contributed by atoms with van der Waals surface area (Å²) in [4.78, 5) is 25.6. The molecule has 0 saturated heterocycles. The fourth-order valence-electron chi connectivity index (χ4n) is 2.64. The number of nitrogens with one attached hydrogen (secondary N) is 3. The van der Waals surface area contributed by atoms with Crippen LogP contribution in [0.1, 0.15) is 28.4 Å². The number of quaternary nitrogens is 1. The number of amides is 2. The summed E-state index contributed by atoms with van der Waals surface area (Å²) < 4.78 is 0. The smallest absolute Gasteiger partial charge is 0.252 e. The maximum atomic E-state index is 12.3. The van der Waals surface area contributed by atoms with Gasteiger partial charge in [0.05, 0.1) is 24.7 Å². The van der Waals surface area contributed by atoms with Crippen LogP contribution in [0.25, 0.3) is 0 Å². The largest absolute Gasteiger partial charge is 0.351 e. The summed E-state index contributed by atoms with van der Waals surface area (Å²) in [6, 6.07) is 16.7. The molecule has 2 rings (SSSR count). The van der Waals surface area contributed by atoms with E-state index in [9.17, 15) is 9.59 Å². The molecule has 0 heterocycles. The van der Waals surface area contributed by atoms with Crippen LogP contribution in [0.3, 0.4) is 0 Å². The SMILES string of the molecule is C[NH+](C)C[C@@H](NC(=O)CCNC(=O)c1ccccc1Cl)c1ccccc1. The fraction of sp³-hybridized carbons (Fsp3) is 0.300. The van der Waals surface area contributed by atoms with Crippen molar-refractivity contribution in [3.05, 3.63) is 70.7 Å². The van der Waals surface area contributed by atoms with Gasteiger partial charge in [0.1, 0.15) is 12.6 Å². The molecule has 0 bridgehead atoms. The summed E-state index contributed by atoms with van der Waals surface area (Å²) in [7, 11) is 4.10. The van der Waals surface area contributed by atoms with Crippen LogP contribution in [-0.2, 0) is 4.79 Å². The predicted molar refractivity (Wildman–Crippen MR) is 103 cm³/mol. The third-order valence-electron chi connectivity index (χ3n) is 3.91. The van der Waals surface area contributed by atoms with Crippen LogP contribution in [0.4, 0.5) is 0 Å². The molecule has 0 aromatic heterocycles. The number of benzene rings is 2. The number of carbonyl (C=O) groups is 2. The van der Waals surface area contributed by atoms with Crippen molar-refractivity contribution in [2.45, 2.75) is 12.5 Å². The van der Waals surface area contributed by atoms with Crippen LogP contribution in [0.15, 0.2) is 54.6 Å². The first-order valence-electron chi connectivity index (χ1n) is 8.63. The van der Waals surface area contributed by atoms with E-state index in [-0.39, 0.29) is 30.8 Å². The zero-order valence-electron chi connectivity index (χ0n) is 15.1. The molecule has 5 nitrogen and oxygen atoms in total. The highest BCUT2D eigenvalue weighted by Crippen LogP contribution is 2.14. The van der Waals surface area contributed by atoms with Gasteiger partial charge < -0.3 is 15.5 Å². The van der Waals surface area contributed by atoms with Gasteiger partial charge in [0.25, 0.3) is 5.91 Å². The van der Waals surface area contributed by atoms with Crippen LogP contribution in [0.2, 0.25) is 5.02 Å². The standard InChI is InChI=1S/C20H24ClN3O2/c1-24(2)14-18(15-8-4-3-5-9-15)23-19(25)12-13-22-20(26)16-10-6-7-11-17(16)21/h3-11,18H,12-14H2,1-2H3,(H,22,26)(H,23,25)/p+1/t18-/m1/s1. The van der Waals surface area contributed by atoms with Crippen molar-refractivity contribution in [3.8, 4) is 0 Å². The van der Waals surface area contributed by atoms with Gasteiger partial charge in [0.15, 0.2) is 0 Å². The lowest BCUT2D eigenvalue weighted by Gasteiger charge is -2.21. The number of halogens is 1. The normalized spacial score (nSPS) is 11.8. The van der Waals surface area contributed by atoms with Gasteiger partial charge in [-0.25, -0.2) is 0 Å². The molecule has 6 heteroatoms.